The summed E-state index contributed by atoms with van der Waals surface area (Å²) in [6, 6.07) is 0. The van der Waals surface area contributed by atoms with Gasteiger partial charge in [-0.1, -0.05) is 0 Å². The zero-order valence-corrected chi connectivity index (χ0v) is 8.97. The van der Waals surface area contributed by atoms with Crippen LogP contribution in [-0.4, -0.2) is 17.3 Å². The third-order valence-corrected chi connectivity index (χ3v) is 0. The summed E-state index contributed by atoms with van der Waals surface area (Å²) in [7, 11) is 3.75. The van der Waals surface area contributed by atoms with Crippen molar-refractivity contribution < 1.29 is 0 Å². The molecule has 0 radical (unpaired) electrons. The first-order valence-electron chi connectivity index (χ1n) is 1.65. The first-order valence-corrected chi connectivity index (χ1v) is 4.40. The summed E-state index contributed by atoms with van der Waals surface area (Å²) in [5.41, 5.74) is 0. The molecule has 0 amide bonds. The molecule has 0 aromatic rings. The molecule has 0 atom stereocenters. The second kappa shape index (κ2) is 10.4. The van der Waals surface area contributed by atoms with E-state index in [0.29, 0.717) is 0 Å². The van der Waals surface area contributed by atoms with E-state index in [2.05, 4.69) is 52.6 Å². The van der Waals surface area contributed by atoms with Crippen LogP contribution in [0.1, 0.15) is 0 Å². The van der Waals surface area contributed by atoms with Crippen molar-refractivity contribution in [2.75, 3.05) is 14.1 Å². The molecular formula is C2H7BBr3N. The monoisotopic (exact) mass is 293 g/mol. The Hall–Kier alpha value is 1.46. The van der Waals surface area contributed by atoms with Gasteiger partial charge in [-0.3, -0.25) is 0 Å². The molecule has 0 fully saturated rings. The number of hydrogen-bond acceptors (Lipinski definition) is 1. The third-order valence-electron chi connectivity index (χ3n) is 0. The summed E-state index contributed by atoms with van der Waals surface area (Å²) < 4.78 is 0.271. The molecule has 0 saturated heterocycles. The van der Waals surface area contributed by atoms with Crippen molar-refractivity contribution in [2.24, 2.45) is 0 Å². The molecule has 5 heteroatoms. The predicted octanol–water partition coefficient (Wildman–Crippen LogP) is 1.99. The van der Waals surface area contributed by atoms with E-state index in [1.54, 1.807) is 0 Å². The van der Waals surface area contributed by atoms with E-state index in [9.17, 15) is 0 Å². The van der Waals surface area contributed by atoms with Crippen molar-refractivity contribution in [3.63, 3.8) is 0 Å². The van der Waals surface area contributed by atoms with Crippen LogP contribution in [0.5, 0.6) is 0 Å². The van der Waals surface area contributed by atoms with E-state index >= 15 is 0 Å². The molecule has 0 aromatic heterocycles. The van der Waals surface area contributed by atoms with Crippen molar-refractivity contribution in [3.8, 4) is 0 Å². The van der Waals surface area contributed by atoms with Crippen LogP contribution in [0.4, 0.5) is 0 Å². The molecule has 0 aromatic carbocycles. The standard InChI is InChI=1S/C2H7N.BBr3/c1-3-2;2-1(3)4/h3H,1-2H3;. The summed E-state index contributed by atoms with van der Waals surface area (Å²) in [6.45, 7) is 0. The van der Waals surface area contributed by atoms with Gasteiger partial charge in [0.25, 0.3) is 0 Å². The molecule has 44 valence electrons. The molecule has 0 saturated carbocycles. The lowest BCUT2D eigenvalue weighted by Gasteiger charge is -1.63. The van der Waals surface area contributed by atoms with Gasteiger partial charge in [0.2, 0.25) is 0 Å². The lowest BCUT2D eigenvalue weighted by atomic mass is 10.8. The Morgan fingerprint density at radius 2 is 1.14 bits per heavy atom. The summed E-state index contributed by atoms with van der Waals surface area (Å²) in [5, 5.41) is 2.75. The van der Waals surface area contributed by atoms with Gasteiger partial charge in [-0.2, -0.15) is 0 Å². The van der Waals surface area contributed by atoms with E-state index in [4.69, 9.17) is 0 Å². The lowest BCUT2D eigenvalue weighted by molar-refractivity contribution is 1.02. The zero-order chi connectivity index (χ0) is 6.28. The van der Waals surface area contributed by atoms with Gasteiger partial charge in [-0.25, -0.2) is 0 Å². The molecule has 0 rings (SSSR count). The van der Waals surface area contributed by atoms with Gasteiger partial charge in [0.05, 0.1) is 0 Å². The minimum atomic E-state index is 0.271. The van der Waals surface area contributed by atoms with Gasteiger partial charge in [0.1, 0.15) is 0 Å². The summed E-state index contributed by atoms with van der Waals surface area (Å²) in [5.74, 6) is 0. The van der Waals surface area contributed by atoms with Crippen molar-refractivity contribution in [2.45, 2.75) is 0 Å². The second-order valence-electron chi connectivity index (χ2n) is 0.747. The first-order chi connectivity index (χ1) is 3.15. The molecular weight excluding hydrogens is 289 g/mol. The molecule has 0 aliphatic rings. The van der Waals surface area contributed by atoms with Crippen LogP contribution in [0.2, 0.25) is 0 Å². The van der Waals surface area contributed by atoms with Gasteiger partial charge >= 0.3 is 3.18 Å². The van der Waals surface area contributed by atoms with Crippen LogP contribution in [0.25, 0.3) is 0 Å². The minimum Gasteiger partial charge on any atom is -0.323 e. The quantitative estimate of drug-likeness (QED) is 0.674. The fourth-order valence-electron chi connectivity index (χ4n) is 0. The highest BCUT2D eigenvalue weighted by atomic mass is 79.9. The van der Waals surface area contributed by atoms with Crippen LogP contribution in [0, 0.1) is 0 Å². The third kappa shape index (κ3) is 104. The number of rotatable bonds is 0. The van der Waals surface area contributed by atoms with Crippen LogP contribution in [-0.2, 0) is 0 Å². The summed E-state index contributed by atoms with van der Waals surface area (Å²) in [4.78, 5) is 0. The minimum absolute atomic E-state index is 0.271. The van der Waals surface area contributed by atoms with Gasteiger partial charge in [-0.05, 0) is 14.1 Å². The van der Waals surface area contributed by atoms with Gasteiger partial charge in [0, 0.05) is 0 Å². The zero-order valence-electron chi connectivity index (χ0n) is 4.21. The molecule has 0 heterocycles. The highest BCUT2D eigenvalue weighted by Crippen LogP contribution is 2.07. The molecule has 1 N–H and O–H groups in total. The molecule has 0 spiro atoms. The Kier molecular flexibility index (Phi) is 16.8. The lowest BCUT2D eigenvalue weighted by Crippen LogP contribution is -1.89. The second-order valence-corrected chi connectivity index (χ2v) is 7.18. The molecule has 0 unspecified atom stereocenters. The fourth-order valence-corrected chi connectivity index (χ4v) is 0. The van der Waals surface area contributed by atoms with Crippen LogP contribution in [0.15, 0.2) is 0 Å². The molecule has 0 aliphatic carbocycles. The van der Waals surface area contributed by atoms with E-state index in [1.807, 2.05) is 14.1 Å². The van der Waals surface area contributed by atoms with Crippen molar-refractivity contribution in [3.05, 3.63) is 0 Å². The van der Waals surface area contributed by atoms with E-state index in [1.165, 1.54) is 0 Å². The summed E-state index contributed by atoms with van der Waals surface area (Å²) >= 11 is 9.31. The fraction of sp³-hybridized carbons (Fsp3) is 1.00. The maximum Gasteiger partial charge on any atom is 0.369 e. The number of nitrogens with one attached hydrogen (secondary N) is 1. The molecule has 1 nitrogen and oxygen atoms in total. The number of halogens is 3. The van der Waals surface area contributed by atoms with Gasteiger partial charge in [-0.15, -0.1) is 47.3 Å². The molecule has 7 heavy (non-hydrogen) atoms. The Morgan fingerprint density at radius 3 is 1.14 bits per heavy atom. The Bertz CT molecular complexity index is 24.1. The highest BCUT2D eigenvalue weighted by Gasteiger charge is 1.87. The molecule has 0 bridgehead atoms. The normalized spacial score (nSPS) is 6.43. The van der Waals surface area contributed by atoms with Crippen molar-refractivity contribution in [1.82, 2.24) is 5.32 Å². The topological polar surface area (TPSA) is 12.0 Å². The van der Waals surface area contributed by atoms with Crippen LogP contribution < -0.4 is 5.32 Å². The number of hydrogen-bond donors (Lipinski definition) is 1. The van der Waals surface area contributed by atoms with Crippen molar-refractivity contribution in [1.29, 1.82) is 0 Å². The van der Waals surface area contributed by atoms with E-state index in [-0.39, 0.29) is 3.18 Å². The Balaban J connectivity index is 0. The van der Waals surface area contributed by atoms with E-state index in [0.717, 1.165) is 0 Å². The van der Waals surface area contributed by atoms with Crippen LogP contribution in [0.3, 0.4) is 0 Å². The van der Waals surface area contributed by atoms with E-state index < -0.39 is 0 Å². The smallest absolute Gasteiger partial charge is 0.323 e. The average Bonchev–Trinajstić information content (AvgIpc) is 1.33. The SMILES string of the molecule is BrB(Br)Br.CNC. The summed E-state index contributed by atoms with van der Waals surface area (Å²) in [6.07, 6.45) is 0. The van der Waals surface area contributed by atoms with Crippen LogP contribution >= 0.6 is 47.3 Å². The predicted molar refractivity (Wildman–Crippen MR) is 47.5 cm³/mol. The van der Waals surface area contributed by atoms with Crippen molar-refractivity contribution >= 4 is 50.5 Å². The molecule has 0 aliphatic heterocycles. The largest absolute Gasteiger partial charge is 0.369 e. The Morgan fingerprint density at radius 1 is 1.14 bits per heavy atom. The highest BCUT2D eigenvalue weighted by molar-refractivity contribution is 9.69. The maximum atomic E-state index is 3.10. The van der Waals surface area contributed by atoms with Gasteiger partial charge < -0.3 is 5.32 Å². The van der Waals surface area contributed by atoms with Gasteiger partial charge in [0.15, 0.2) is 0 Å². The Labute approximate surface area is 69.6 Å². The first kappa shape index (κ1) is 11.3. The average molecular weight is 296 g/mol. The maximum absolute atomic E-state index is 3.10.